The van der Waals surface area contributed by atoms with Gasteiger partial charge in [-0.15, -0.1) is 0 Å². The summed E-state index contributed by atoms with van der Waals surface area (Å²) in [4.78, 5) is 7.54. The van der Waals surface area contributed by atoms with E-state index in [0.717, 1.165) is 99.3 Å². The van der Waals surface area contributed by atoms with Crippen LogP contribution >= 0.6 is 0 Å². The Morgan fingerprint density at radius 2 is 1.55 bits per heavy atom. The Hall–Kier alpha value is -5.02. The molecule has 9 nitrogen and oxygen atoms in total. The molecule has 0 spiro atoms. The van der Waals surface area contributed by atoms with Gasteiger partial charge in [0.15, 0.2) is 23.0 Å². The van der Waals surface area contributed by atoms with Crippen LogP contribution in [0.5, 0.6) is 28.7 Å². The van der Waals surface area contributed by atoms with Crippen LogP contribution in [0.2, 0.25) is 0 Å². The van der Waals surface area contributed by atoms with Crippen LogP contribution in [0.4, 0.5) is 5.69 Å². The van der Waals surface area contributed by atoms with Crippen LogP contribution in [0.1, 0.15) is 67.2 Å². The van der Waals surface area contributed by atoms with Crippen molar-refractivity contribution in [3.63, 3.8) is 0 Å². The number of anilines is 1. The largest absolute Gasteiger partial charge is 0.497 e. The third-order valence-corrected chi connectivity index (χ3v) is 11.6. The summed E-state index contributed by atoms with van der Waals surface area (Å²) in [5.74, 6) is 4.73. The van der Waals surface area contributed by atoms with Crippen molar-refractivity contribution in [1.82, 2.24) is 15.1 Å². The first-order valence-electron chi connectivity index (χ1n) is 20.2. The minimum atomic E-state index is 0.392. The van der Waals surface area contributed by atoms with Crippen LogP contribution < -0.4 is 33.9 Å². The van der Waals surface area contributed by atoms with Gasteiger partial charge in [-0.2, -0.15) is 0 Å². The van der Waals surface area contributed by atoms with Crippen molar-refractivity contribution in [3.05, 3.63) is 106 Å². The zero-order valence-electron chi connectivity index (χ0n) is 34.5. The molecule has 7 rings (SSSR count). The van der Waals surface area contributed by atoms with Crippen molar-refractivity contribution in [2.24, 2.45) is 0 Å². The van der Waals surface area contributed by atoms with E-state index in [1.807, 2.05) is 6.07 Å². The van der Waals surface area contributed by atoms with Gasteiger partial charge in [-0.3, -0.25) is 4.90 Å². The lowest BCUT2D eigenvalue weighted by Crippen LogP contribution is -2.46. The molecule has 3 aromatic rings. The van der Waals surface area contributed by atoms with Gasteiger partial charge in [-0.1, -0.05) is 31.6 Å². The van der Waals surface area contributed by atoms with Gasteiger partial charge in [0, 0.05) is 82.1 Å². The molecule has 0 amide bonds. The second-order valence-corrected chi connectivity index (χ2v) is 15.6. The van der Waals surface area contributed by atoms with Crippen LogP contribution in [0.15, 0.2) is 84.2 Å². The van der Waals surface area contributed by atoms with E-state index < -0.39 is 0 Å². The molecular weight excluding hydrogens is 701 g/mol. The van der Waals surface area contributed by atoms with E-state index >= 15 is 0 Å². The predicted octanol–water partition coefficient (Wildman–Crippen LogP) is 8.31. The number of nitrogens with zero attached hydrogens (tertiary/aromatic N) is 3. The Balaban J connectivity index is 1.08. The quantitative estimate of drug-likeness (QED) is 0.155. The van der Waals surface area contributed by atoms with Crippen LogP contribution in [0.3, 0.4) is 0 Å². The Bertz CT molecular complexity index is 1990. The number of aryl methyl sites for hydroxylation is 1. The van der Waals surface area contributed by atoms with Crippen LogP contribution in [0, 0.1) is 0 Å². The van der Waals surface area contributed by atoms with Crippen molar-refractivity contribution < 1.29 is 23.7 Å². The highest BCUT2D eigenvalue weighted by atomic mass is 16.5. The molecule has 4 aliphatic rings. The monoisotopic (exact) mass is 760 g/mol. The van der Waals surface area contributed by atoms with E-state index in [0.29, 0.717) is 12.0 Å². The number of nitrogens with one attached hydrogen (secondary N) is 1. The fraction of sp³-hybridized carbons (Fsp3) is 0.447. The van der Waals surface area contributed by atoms with E-state index in [-0.39, 0.29) is 0 Å². The molecule has 298 valence electrons. The molecule has 3 heterocycles. The summed E-state index contributed by atoms with van der Waals surface area (Å²) >= 11 is 0. The summed E-state index contributed by atoms with van der Waals surface area (Å²) in [6, 6.07) is 17.8. The summed E-state index contributed by atoms with van der Waals surface area (Å²) in [5.41, 5.74) is 11.2. The molecule has 0 atom stereocenters. The van der Waals surface area contributed by atoms with Crippen molar-refractivity contribution in [2.45, 2.75) is 57.4 Å². The summed E-state index contributed by atoms with van der Waals surface area (Å²) in [6.45, 7) is 7.72. The normalized spacial score (nSPS) is 17.6. The van der Waals surface area contributed by atoms with Crippen molar-refractivity contribution in [3.8, 4) is 28.7 Å². The molecule has 1 saturated heterocycles. The molecule has 1 saturated carbocycles. The van der Waals surface area contributed by atoms with E-state index in [4.69, 9.17) is 23.7 Å². The highest BCUT2D eigenvalue weighted by molar-refractivity contribution is 5.78. The lowest BCUT2D eigenvalue weighted by atomic mass is 9.95. The van der Waals surface area contributed by atoms with Crippen LogP contribution in [-0.4, -0.2) is 97.7 Å². The molecule has 1 aliphatic carbocycles. The second kappa shape index (κ2) is 17.8. The summed E-state index contributed by atoms with van der Waals surface area (Å²) in [7, 11) is 10.8. The number of allylic oxidation sites excluding steroid dienone is 2. The molecule has 3 aromatic carbocycles. The number of ether oxygens (including phenoxy) is 5. The van der Waals surface area contributed by atoms with Gasteiger partial charge in [0.25, 0.3) is 0 Å². The number of dihydropyridines is 1. The second-order valence-electron chi connectivity index (χ2n) is 15.6. The van der Waals surface area contributed by atoms with Gasteiger partial charge in [-0.05, 0) is 113 Å². The minimum Gasteiger partial charge on any atom is -0.497 e. The maximum absolute atomic E-state index is 5.85. The Labute approximate surface area is 334 Å². The van der Waals surface area contributed by atoms with Crippen molar-refractivity contribution >= 4 is 16.8 Å². The number of methoxy groups -OCH3 is 5. The van der Waals surface area contributed by atoms with Crippen LogP contribution in [-0.2, 0) is 6.42 Å². The smallest absolute Gasteiger partial charge is 0.164 e. The molecule has 2 fully saturated rings. The lowest BCUT2D eigenvalue weighted by Gasteiger charge is -2.41. The molecule has 0 aromatic heterocycles. The molecule has 9 heteroatoms. The first-order chi connectivity index (χ1) is 27.3. The number of benzene rings is 3. The van der Waals surface area contributed by atoms with Crippen LogP contribution in [0.25, 0.3) is 11.1 Å². The third kappa shape index (κ3) is 8.83. The number of piperidine rings is 1. The van der Waals surface area contributed by atoms with Gasteiger partial charge in [0.1, 0.15) is 5.75 Å². The van der Waals surface area contributed by atoms with E-state index in [2.05, 4.69) is 101 Å². The zero-order chi connectivity index (χ0) is 39.2. The molecule has 1 N–H and O–H groups in total. The number of rotatable bonds is 16. The van der Waals surface area contributed by atoms with Crippen molar-refractivity contribution in [1.29, 1.82) is 0 Å². The Kier molecular flexibility index (Phi) is 12.5. The zero-order valence-corrected chi connectivity index (χ0v) is 34.5. The Morgan fingerprint density at radius 3 is 2.25 bits per heavy atom. The fourth-order valence-corrected chi connectivity index (χ4v) is 8.67. The van der Waals surface area contributed by atoms with Gasteiger partial charge < -0.3 is 38.8 Å². The summed E-state index contributed by atoms with van der Waals surface area (Å²) < 4.78 is 28.9. The fourth-order valence-electron chi connectivity index (χ4n) is 8.67. The van der Waals surface area contributed by atoms with Crippen molar-refractivity contribution in [2.75, 3.05) is 86.8 Å². The van der Waals surface area contributed by atoms with Gasteiger partial charge in [0.05, 0.1) is 35.5 Å². The third-order valence-electron chi connectivity index (χ3n) is 11.6. The molecule has 0 unspecified atom stereocenters. The first kappa shape index (κ1) is 39.2. The maximum atomic E-state index is 5.85. The van der Waals surface area contributed by atoms with E-state index in [1.165, 1.54) is 57.5 Å². The van der Waals surface area contributed by atoms with E-state index in [9.17, 15) is 0 Å². The molecular formula is C47H60N4O5. The van der Waals surface area contributed by atoms with Gasteiger partial charge in [-0.25, -0.2) is 0 Å². The predicted molar refractivity (Wildman–Crippen MR) is 228 cm³/mol. The lowest BCUT2D eigenvalue weighted by molar-refractivity contribution is 0.224. The standard InChI is InChI=1S/C47H60N4O5/c1-8-10-35-21-36(23-44(53-4)46(35)55-6)38-19-32(26-48-27-38)29-50-17-15-40(16-18-50)51(41-11-9-12-42(25-41)52-3)30-33-20-39(31-49(2)28-33)37-22-43(34-13-14-34)47(56-7)45(24-37)54-5/h9,11-12,19-25,27-28,34,40,48H,8,10,13-18,26,29-31H2,1-7H3. The minimum absolute atomic E-state index is 0.392. The number of hydrogen-bond acceptors (Lipinski definition) is 9. The topological polar surface area (TPSA) is 67.9 Å². The molecule has 0 radical (unpaired) electrons. The van der Waals surface area contributed by atoms with Gasteiger partial charge >= 0.3 is 0 Å². The van der Waals surface area contributed by atoms with Gasteiger partial charge in [0.2, 0.25) is 0 Å². The molecule has 3 aliphatic heterocycles. The number of likely N-dealkylation sites (N-methyl/N-ethyl adjacent to an activating group) is 1. The highest BCUT2D eigenvalue weighted by Gasteiger charge is 2.31. The summed E-state index contributed by atoms with van der Waals surface area (Å²) in [6.07, 6.45) is 15.8. The summed E-state index contributed by atoms with van der Waals surface area (Å²) in [5, 5.41) is 3.56. The molecule has 56 heavy (non-hydrogen) atoms. The average Bonchev–Trinajstić information content (AvgIpc) is 4.08. The van der Waals surface area contributed by atoms with E-state index in [1.54, 1.807) is 35.5 Å². The number of likely N-dealkylation sites (tertiary alicyclic amines) is 1. The highest BCUT2D eigenvalue weighted by Crippen LogP contribution is 2.49. The first-order valence-corrected chi connectivity index (χ1v) is 20.2. The number of hydrogen-bond donors (Lipinski definition) is 1. The molecule has 0 bridgehead atoms. The SMILES string of the molecule is CCCc1cc(C2=CNCC(CN3CCC(N(CC4=CN(C)CC(c5cc(OC)c(OC)c(C6CC6)c5)=C4)c4cccc(OC)c4)CC3)=C2)cc(OC)c1OC. The maximum Gasteiger partial charge on any atom is 0.164 e. The Morgan fingerprint density at radius 1 is 0.804 bits per heavy atom. The average molecular weight is 761 g/mol.